The number of aliphatic hydroxyl groups is 1. The fraction of sp³-hybridized carbons (Fsp3) is 0.800. The van der Waals surface area contributed by atoms with Crippen LogP contribution in [0.4, 0.5) is 0 Å². The van der Waals surface area contributed by atoms with Gasteiger partial charge in [0.15, 0.2) is 0 Å². The van der Waals surface area contributed by atoms with Gasteiger partial charge >= 0.3 is 0 Å². The lowest BCUT2D eigenvalue weighted by atomic mass is 9.74. The lowest BCUT2D eigenvalue weighted by molar-refractivity contribution is -0.136. The predicted octanol–water partition coefficient (Wildman–Crippen LogP) is 0.288. The molecule has 84 valence electrons. The van der Waals surface area contributed by atoms with Crippen molar-refractivity contribution in [2.75, 3.05) is 6.61 Å². The highest BCUT2D eigenvalue weighted by molar-refractivity contribution is 5.05. The normalized spacial score (nSPS) is 30.2. The van der Waals surface area contributed by atoms with Gasteiger partial charge in [0.2, 0.25) is 0 Å². The van der Waals surface area contributed by atoms with Crippen molar-refractivity contribution in [1.29, 1.82) is 0 Å². The highest BCUT2D eigenvalue weighted by atomic mass is 16.5. The van der Waals surface area contributed by atoms with Crippen LogP contribution in [-0.4, -0.2) is 38.4 Å². The number of hydrogen-bond donors (Lipinski definition) is 1. The molecule has 1 aliphatic carbocycles. The van der Waals surface area contributed by atoms with Crippen LogP contribution in [0.2, 0.25) is 0 Å². The maximum absolute atomic E-state index is 10.1. The molecule has 0 aliphatic heterocycles. The van der Waals surface area contributed by atoms with Gasteiger partial charge in [-0.1, -0.05) is 5.21 Å². The van der Waals surface area contributed by atoms with E-state index in [0.29, 0.717) is 25.9 Å². The minimum absolute atomic E-state index is 0.219. The second-order valence-corrected chi connectivity index (χ2v) is 4.27. The Labute approximate surface area is 89.0 Å². The van der Waals surface area contributed by atoms with Gasteiger partial charge in [0.25, 0.3) is 0 Å². The molecule has 1 aromatic heterocycles. The summed E-state index contributed by atoms with van der Waals surface area (Å²) in [6, 6.07) is 0. The Balaban J connectivity index is 1.86. The van der Waals surface area contributed by atoms with Crippen molar-refractivity contribution in [1.82, 2.24) is 15.0 Å². The van der Waals surface area contributed by atoms with E-state index in [-0.39, 0.29) is 6.10 Å². The standard InChI is InChI=1S/C10H17N3O2/c1-3-15-9-5-10(14,6-9)4-8-7-13(2)12-11-8/h7,9,14H,3-6H2,1-2H3. The smallest absolute Gasteiger partial charge is 0.0855 e. The molecule has 1 saturated carbocycles. The molecule has 1 aromatic rings. The molecular formula is C10H17N3O2. The first-order chi connectivity index (χ1) is 7.11. The molecule has 2 rings (SSSR count). The highest BCUT2D eigenvalue weighted by Gasteiger charge is 2.43. The minimum Gasteiger partial charge on any atom is -0.389 e. The van der Waals surface area contributed by atoms with E-state index in [2.05, 4.69) is 10.3 Å². The Bertz CT molecular complexity index is 331. The molecule has 5 nitrogen and oxygen atoms in total. The average Bonchev–Trinajstić information content (AvgIpc) is 2.49. The first-order valence-corrected chi connectivity index (χ1v) is 5.30. The molecule has 0 spiro atoms. The summed E-state index contributed by atoms with van der Waals surface area (Å²) in [4.78, 5) is 0. The van der Waals surface area contributed by atoms with Crippen LogP contribution in [0.15, 0.2) is 6.20 Å². The van der Waals surface area contributed by atoms with E-state index in [4.69, 9.17) is 4.74 Å². The third-order valence-electron chi connectivity index (χ3n) is 2.78. The summed E-state index contributed by atoms with van der Waals surface area (Å²) in [5, 5.41) is 17.9. The zero-order valence-electron chi connectivity index (χ0n) is 9.18. The van der Waals surface area contributed by atoms with Crippen LogP contribution in [0.25, 0.3) is 0 Å². The van der Waals surface area contributed by atoms with Crippen molar-refractivity contribution in [3.63, 3.8) is 0 Å². The quantitative estimate of drug-likeness (QED) is 0.777. The van der Waals surface area contributed by atoms with Gasteiger partial charge in [0.1, 0.15) is 0 Å². The minimum atomic E-state index is -0.629. The third-order valence-corrected chi connectivity index (χ3v) is 2.78. The molecule has 0 atom stereocenters. The van der Waals surface area contributed by atoms with E-state index in [9.17, 15) is 5.11 Å². The molecule has 0 aromatic carbocycles. The number of ether oxygens (including phenoxy) is 1. The van der Waals surface area contributed by atoms with Gasteiger partial charge in [-0.2, -0.15) is 0 Å². The lowest BCUT2D eigenvalue weighted by Crippen LogP contribution is -2.50. The first kappa shape index (κ1) is 10.6. The van der Waals surface area contributed by atoms with Crippen molar-refractivity contribution < 1.29 is 9.84 Å². The van der Waals surface area contributed by atoms with Crippen molar-refractivity contribution in [2.45, 2.75) is 37.9 Å². The number of nitrogens with zero attached hydrogens (tertiary/aromatic N) is 3. The fourth-order valence-electron chi connectivity index (χ4n) is 2.10. The molecule has 0 amide bonds. The van der Waals surface area contributed by atoms with E-state index in [1.807, 2.05) is 20.2 Å². The topological polar surface area (TPSA) is 60.2 Å². The van der Waals surface area contributed by atoms with Gasteiger partial charge in [0, 0.05) is 39.1 Å². The van der Waals surface area contributed by atoms with Crippen molar-refractivity contribution >= 4 is 0 Å². The molecule has 15 heavy (non-hydrogen) atoms. The molecule has 1 N–H and O–H groups in total. The second kappa shape index (κ2) is 3.90. The summed E-state index contributed by atoms with van der Waals surface area (Å²) < 4.78 is 7.07. The first-order valence-electron chi connectivity index (χ1n) is 5.30. The van der Waals surface area contributed by atoms with Crippen molar-refractivity contribution in [2.24, 2.45) is 7.05 Å². The molecule has 1 fully saturated rings. The van der Waals surface area contributed by atoms with Crippen LogP contribution in [-0.2, 0) is 18.2 Å². The molecule has 1 heterocycles. The van der Waals surface area contributed by atoms with Crippen LogP contribution in [0.1, 0.15) is 25.5 Å². The molecular weight excluding hydrogens is 194 g/mol. The zero-order valence-corrected chi connectivity index (χ0v) is 9.18. The Hall–Kier alpha value is -0.940. The van der Waals surface area contributed by atoms with Gasteiger partial charge in [-0.25, -0.2) is 0 Å². The van der Waals surface area contributed by atoms with Crippen molar-refractivity contribution in [3.8, 4) is 0 Å². The van der Waals surface area contributed by atoms with Crippen LogP contribution >= 0.6 is 0 Å². The van der Waals surface area contributed by atoms with Gasteiger partial charge in [-0.05, 0) is 6.92 Å². The summed E-state index contributed by atoms with van der Waals surface area (Å²) in [5.41, 5.74) is 0.213. The molecule has 1 aliphatic rings. The number of aromatic nitrogens is 3. The average molecular weight is 211 g/mol. The molecule has 0 radical (unpaired) electrons. The molecule has 5 heteroatoms. The van der Waals surface area contributed by atoms with Gasteiger partial charge in [0.05, 0.1) is 17.4 Å². The Kier molecular flexibility index (Phi) is 2.75. The van der Waals surface area contributed by atoms with Crippen LogP contribution in [0, 0.1) is 0 Å². The number of rotatable bonds is 4. The largest absolute Gasteiger partial charge is 0.389 e. The van der Waals surface area contributed by atoms with E-state index < -0.39 is 5.60 Å². The Morgan fingerprint density at radius 2 is 2.40 bits per heavy atom. The Morgan fingerprint density at radius 3 is 2.93 bits per heavy atom. The van der Waals surface area contributed by atoms with Crippen LogP contribution in [0.5, 0.6) is 0 Å². The van der Waals surface area contributed by atoms with Gasteiger partial charge in [-0.3, -0.25) is 4.68 Å². The van der Waals surface area contributed by atoms with Gasteiger partial charge in [-0.15, -0.1) is 5.10 Å². The number of aryl methyl sites for hydroxylation is 1. The highest BCUT2D eigenvalue weighted by Crippen LogP contribution is 2.36. The summed E-state index contributed by atoms with van der Waals surface area (Å²) in [5.74, 6) is 0. The van der Waals surface area contributed by atoms with Crippen LogP contribution < -0.4 is 0 Å². The summed E-state index contributed by atoms with van der Waals surface area (Å²) in [7, 11) is 1.82. The van der Waals surface area contributed by atoms with E-state index in [1.54, 1.807) is 4.68 Å². The maximum Gasteiger partial charge on any atom is 0.0855 e. The lowest BCUT2D eigenvalue weighted by Gasteiger charge is -2.42. The fourth-order valence-corrected chi connectivity index (χ4v) is 2.10. The Morgan fingerprint density at radius 1 is 1.67 bits per heavy atom. The monoisotopic (exact) mass is 211 g/mol. The number of hydrogen-bond acceptors (Lipinski definition) is 4. The molecule has 0 bridgehead atoms. The van der Waals surface area contributed by atoms with Crippen molar-refractivity contribution in [3.05, 3.63) is 11.9 Å². The molecule has 0 unspecified atom stereocenters. The predicted molar refractivity (Wildman–Crippen MR) is 54.3 cm³/mol. The van der Waals surface area contributed by atoms with Gasteiger partial charge < -0.3 is 9.84 Å². The van der Waals surface area contributed by atoms with E-state index in [0.717, 1.165) is 5.69 Å². The maximum atomic E-state index is 10.1. The SMILES string of the molecule is CCOC1CC(O)(Cc2cn(C)nn2)C1. The second-order valence-electron chi connectivity index (χ2n) is 4.27. The third kappa shape index (κ3) is 2.35. The summed E-state index contributed by atoms with van der Waals surface area (Å²) in [6.45, 7) is 2.69. The summed E-state index contributed by atoms with van der Waals surface area (Å²) in [6.07, 6.45) is 4.04. The summed E-state index contributed by atoms with van der Waals surface area (Å²) >= 11 is 0. The van der Waals surface area contributed by atoms with Crippen LogP contribution in [0.3, 0.4) is 0 Å². The molecule has 0 saturated heterocycles. The van der Waals surface area contributed by atoms with E-state index in [1.165, 1.54) is 0 Å². The van der Waals surface area contributed by atoms with E-state index >= 15 is 0 Å². The zero-order chi connectivity index (χ0) is 10.9.